The number of thioether (sulfide) groups is 1. The fourth-order valence-corrected chi connectivity index (χ4v) is 4.74. The lowest BCUT2D eigenvalue weighted by Crippen LogP contribution is -2.26. The molecule has 0 atom stereocenters. The summed E-state index contributed by atoms with van der Waals surface area (Å²) in [5.41, 5.74) is 1.27. The zero-order valence-electron chi connectivity index (χ0n) is 22.0. The normalized spacial score (nSPS) is 13.9. The summed E-state index contributed by atoms with van der Waals surface area (Å²) in [5, 5.41) is 5.57. The van der Waals surface area contributed by atoms with Gasteiger partial charge in [-0.25, -0.2) is 0 Å². The zero-order valence-corrected chi connectivity index (χ0v) is 22.9. The molecule has 0 aliphatic carbocycles. The second-order valence-electron chi connectivity index (χ2n) is 9.41. The van der Waals surface area contributed by atoms with Crippen LogP contribution in [-0.2, 0) is 28.4 Å². The summed E-state index contributed by atoms with van der Waals surface area (Å²) in [6, 6.07) is 12.2. The van der Waals surface area contributed by atoms with E-state index in [9.17, 15) is 9.59 Å². The van der Waals surface area contributed by atoms with E-state index in [-0.39, 0.29) is 11.8 Å². The van der Waals surface area contributed by atoms with E-state index in [0.717, 1.165) is 41.9 Å². The molecule has 0 radical (unpaired) electrons. The Morgan fingerprint density at radius 2 is 1.78 bits per heavy atom. The molecule has 0 unspecified atom stereocenters. The third-order valence-electron chi connectivity index (χ3n) is 5.76. The second kappa shape index (κ2) is 16.2. The molecule has 0 spiro atoms. The molecule has 8 nitrogen and oxygen atoms in total. The van der Waals surface area contributed by atoms with Crippen LogP contribution in [0.1, 0.15) is 36.3 Å². The maximum Gasteiger partial charge on any atom is 0.244 e. The van der Waals surface area contributed by atoms with Gasteiger partial charge in [0.2, 0.25) is 11.8 Å². The molecule has 2 heterocycles. The zero-order chi connectivity index (χ0) is 26.3. The van der Waals surface area contributed by atoms with Crippen LogP contribution in [0, 0.1) is 0 Å². The molecule has 1 aliphatic heterocycles. The summed E-state index contributed by atoms with van der Waals surface area (Å²) in [5.74, 6) is 3.69. The Balaban J connectivity index is 1.20. The molecule has 2 N–H and O–H groups in total. The molecule has 37 heavy (non-hydrogen) atoms. The van der Waals surface area contributed by atoms with Crippen LogP contribution in [-0.4, -0.2) is 74.2 Å². The van der Waals surface area contributed by atoms with Gasteiger partial charge in [0.05, 0.1) is 18.9 Å². The predicted molar refractivity (Wildman–Crippen MR) is 148 cm³/mol. The molecule has 1 aromatic carbocycles. The highest BCUT2D eigenvalue weighted by Gasteiger charge is 2.12. The highest BCUT2D eigenvalue weighted by atomic mass is 32.2. The lowest BCUT2D eigenvalue weighted by molar-refractivity contribution is -0.118. The van der Waals surface area contributed by atoms with Crippen molar-refractivity contribution in [1.82, 2.24) is 20.4 Å². The number of rotatable bonds is 16. The van der Waals surface area contributed by atoms with Gasteiger partial charge in [-0.1, -0.05) is 12.1 Å². The first kappa shape index (κ1) is 28.8. The molecule has 1 aromatic heterocycles. The molecule has 0 bridgehead atoms. The van der Waals surface area contributed by atoms with Gasteiger partial charge < -0.3 is 24.7 Å². The number of benzene rings is 1. The van der Waals surface area contributed by atoms with E-state index in [0.29, 0.717) is 26.1 Å². The van der Waals surface area contributed by atoms with E-state index in [2.05, 4.69) is 32.6 Å². The van der Waals surface area contributed by atoms with E-state index < -0.39 is 0 Å². The first-order valence-corrected chi connectivity index (χ1v) is 14.1. The molecule has 3 rings (SSSR count). The van der Waals surface area contributed by atoms with Gasteiger partial charge in [0.15, 0.2) is 0 Å². The van der Waals surface area contributed by atoms with Crippen LogP contribution in [0.2, 0.25) is 0 Å². The fourth-order valence-electron chi connectivity index (χ4n) is 3.99. The topological polar surface area (TPSA) is 87.0 Å². The van der Waals surface area contributed by atoms with Gasteiger partial charge in [-0.3, -0.25) is 14.5 Å². The Labute approximate surface area is 224 Å². The molecule has 2 aromatic rings. The number of nitrogens with one attached hydrogen (secondary N) is 2. The summed E-state index contributed by atoms with van der Waals surface area (Å²) in [6.45, 7) is 5.62. The lowest BCUT2D eigenvalue weighted by Gasteiger charge is -2.15. The summed E-state index contributed by atoms with van der Waals surface area (Å²) in [4.78, 5) is 28.4. The van der Waals surface area contributed by atoms with Crippen molar-refractivity contribution >= 4 is 23.6 Å². The molecule has 1 saturated heterocycles. The molecule has 9 heteroatoms. The van der Waals surface area contributed by atoms with Crippen molar-refractivity contribution in [1.29, 1.82) is 0 Å². The number of hydrogen-bond donors (Lipinski definition) is 2. The summed E-state index contributed by atoms with van der Waals surface area (Å²) >= 11 is 1.69. The summed E-state index contributed by atoms with van der Waals surface area (Å²) in [7, 11) is 4.01. The van der Waals surface area contributed by atoms with Crippen molar-refractivity contribution in [3.8, 4) is 5.75 Å². The van der Waals surface area contributed by atoms with Gasteiger partial charge in [-0.15, -0.1) is 0 Å². The van der Waals surface area contributed by atoms with Crippen molar-refractivity contribution in [2.45, 2.75) is 38.1 Å². The Morgan fingerprint density at radius 3 is 2.54 bits per heavy atom. The Kier molecular flexibility index (Phi) is 12.6. The minimum atomic E-state index is -0.288. The lowest BCUT2D eigenvalue weighted by atomic mass is 10.2. The average molecular weight is 529 g/mol. The fraction of sp³-hybridized carbons (Fsp3) is 0.500. The van der Waals surface area contributed by atoms with Gasteiger partial charge in [0.1, 0.15) is 17.3 Å². The third-order valence-corrected chi connectivity index (χ3v) is 6.74. The van der Waals surface area contributed by atoms with Crippen LogP contribution in [0.25, 0.3) is 0 Å². The van der Waals surface area contributed by atoms with Gasteiger partial charge in [-0.2, -0.15) is 11.8 Å². The van der Waals surface area contributed by atoms with E-state index in [1.807, 2.05) is 38.4 Å². The number of carbonyl (C=O) groups is 2. The van der Waals surface area contributed by atoms with Gasteiger partial charge >= 0.3 is 0 Å². The van der Waals surface area contributed by atoms with Gasteiger partial charge in [0.25, 0.3) is 0 Å². The van der Waals surface area contributed by atoms with Crippen LogP contribution in [0.4, 0.5) is 0 Å². The molecular weight excluding hydrogens is 488 g/mol. The molecule has 2 amide bonds. The van der Waals surface area contributed by atoms with Crippen LogP contribution >= 0.6 is 11.8 Å². The molecule has 202 valence electrons. The maximum absolute atomic E-state index is 12.0. The van der Waals surface area contributed by atoms with Crippen molar-refractivity contribution in [3.63, 3.8) is 0 Å². The van der Waals surface area contributed by atoms with Crippen molar-refractivity contribution in [2.75, 3.05) is 52.6 Å². The minimum absolute atomic E-state index is 0.279. The van der Waals surface area contributed by atoms with Crippen molar-refractivity contribution in [3.05, 3.63) is 65.6 Å². The van der Waals surface area contributed by atoms with E-state index in [1.54, 1.807) is 11.8 Å². The van der Waals surface area contributed by atoms with E-state index in [4.69, 9.17) is 9.15 Å². The van der Waals surface area contributed by atoms with Crippen LogP contribution in [0.15, 0.2) is 53.0 Å². The predicted octanol–water partition coefficient (Wildman–Crippen LogP) is 3.43. The number of likely N-dealkylation sites (tertiary alicyclic amines) is 1. The Bertz CT molecular complexity index is 1000. The summed E-state index contributed by atoms with van der Waals surface area (Å²) < 4.78 is 11.6. The highest BCUT2D eigenvalue weighted by Crippen LogP contribution is 2.18. The number of ether oxygens (including phenoxy) is 1. The van der Waals surface area contributed by atoms with Crippen LogP contribution < -0.4 is 15.4 Å². The number of hydrogen-bond acceptors (Lipinski definition) is 7. The van der Waals surface area contributed by atoms with E-state index in [1.165, 1.54) is 43.6 Å². The molecule has 1 aliphatic rings. The maximum atomic E-state index is 12.0. The standard InChI is InChI=1S/C28H40N4O4S/c1-31(2)21-25-9-10-26(36-25)22-37-18-14-30-28(34)12-11-27(33)29-13-6-17-35-24-8-5-7-23(19-24)20-32-15-3-4-16-32/h5,7-12,19H,3-4,6,13-18,20-22H2,1-2H3,(H,29,33)(H,30,34)/b12-11+. The quantitative estimate of drug-likeness (QED) is 0.255. The highest BCUT2D eigenvalue weighted by molar-refractivity contribution is 7.98. The smallest absolute Gasteiger partial charge is 0.244 e. The number of carbonyl (C=O) groups excluding carboxylic acids is 2. The van der Waals surface area contributed by atoms with E-state index >= 15 is 0 Å². The Morgan fingerprint density at radius 1 is 1.05 bits per heavy atom. The monoisotopic (exact) mass is 528 g/mol. The summed E-state index contributed by atoms with van der Waals surface area (Å²) in [6.07, 6.45) is 5.79. The second-order valence-corrected chi connectivity index (χ2v) is 10.5. The van der Waals surface area contributed by atoms with Gasteiger partial charge in [-0.05, 0) is 76.3 Å². The van der Waals surface area contributed by atoms with Crippen LogP contribution in [0.5, 0.6) is 5.75 Å². The molecule has 1 fully saturated rings. The van der Waals surface area contributed by atoms with Crippen LogP contribution in [0.3, 0.4) is 0 Å². The molecule has 0 saturated carbocycles. The number of amides is 2. The number of furan rings is 1. The SMILES string of the molecule is CN(C)Cc1ccc(CSCCNC(=O)/C=C/C(=O)NCCCOc2cccc(CN3CCCC3)c2)o1. The largest absolute Gasteiger partial charge is 0.494 e. The minimum Gasteiger partial charge on any atom is -0.494 e. The van der Waals surface area contributed by atoms with Crippen molar-refractivity contribution in [2.24, 2.45) is 0 Å². The first-order valence-electron chi connectivity index (χ1n) is 13.0. The molecular formula is C28H40N4O4S. The Hall–Kier alpha value is -2.75. The number of nitrogens with zero attached hydrogens (tertiary/aromatic N) is 2. The van der Waals surface area contributed by atoms with Gasteiger partial charge in [0, 0.05) is 37.5 Å². The average Bonchev–Trinajstić information content (AvgIpc) is 3.54. The van der Waals surface area contributed by atoms with Crippen molar-refractivity contribution < 1.29 is 18.7 Å². The third kappa shape index (κ3) is 11.9. The first-order chi connectivity index (χ1) is 18.0.